The third-order valence-corrected chi connectivity index (χ3v) is 4.27. The third-order valence-electron chi connectivity index (χ3n) is 4.27. The van der Waals surface area contributed by atoms with Crippen molar-refractivity contribution in [2.24, 2.45) is 0 Å². The highest BCUT2D eigenvalue weighted by atomic mass is 16.2. The van der Waals surface area contributed by atoms with E-state index in [0.29, 0.717) is 6.42 Å². The molecule has 0 N–H and O–H groups in total. The van der Waals surface area contributed by atoms with Gasteiger partial charge in [0.2, 0.25) is 11.8 Å². The van der Waals surface area contributed by atoms with Crippen LogP contribution in [0, 0.1) is 0 Å². The van der Waals surface area contributed by atoms with Crippen molar-refractivity contribution < 1.29 is 9.59 Å². The number of benzene rings is 1. The molecule has 0 aromatic heterocycles. The molecule has 1 aromatic rings. The smallest absolute Gasteiger partial charge is 0.242 e. The number of nitrogens with zero attached hydrogens (tertiary/aromatic N) is 2. The average molecular weight is 272 g/mol. The lowest BCUT2D eigenvalue weighted by Gasteiger charge is -2.42. The maximum absolute atomic E-state index is 12.4. The second kappa shape index (κ2) is 5.65. The topological polar surface area (TPSA) is 40.6 Å². The van der Waals surface area contributed by atoms with Gasteiger partial charge in [-0.25, -0.2) is 0 Å². The van der Waals surface area contributed by atoms with Gasteiger partial charge < -0.3 is 9.80 Å². The molecular formula is C16H20N2O2. The van der Waals surface area contributed by atoms with Crippen molar-refractivity contribution in [3.8, 4) is 0 Å². The summed E-state index contributed by atoms with van der Waals surface area (Å²) >= 11 is 0. The zero-order valence-electron chi connectivity index (χ0n) is 11.6. The molecule has 2 aliphatic rings. The summed E-state index contributed by atoms with van der Waals surface area (Å²) in [6, 6.07) is 10.3. The molecule has 2 fully saturated rings. The summed E-state index contributed by atoms with van der Waals surface area (Å²) < 4.78 is 0. The van der Waals surface area contributed by atoms with Crippen LogP contribution in [0.25, 0.3) is 0 Å². The molecule has 20 heavy (non-hydrogen) atoms. The fourth-order valence-electron chi connectivity index (χ4n) is 2.99. The zero-order chi connectivity index (χ0) is 13.9. The first kappa shape index (κ1) is 13.2. The monoisotopic (exact) mass is 272 g/mol. The summed E-state index contributed by atoms with van der Waals surface area (Å²) in [7, 11) is 0. The fraction of sp³-hybridized carbons (Fsp3) is 0.500. The van der Waals surface area contributed by atoms with E-state index >= 15 is 0 Å². The Morgan fingerprint density at radius 1 is 1.15 bits per heavy atom. The minimum absolute atomic E-state index is 0.0837. The first-order valence-electron chi connectivity index (χ1n) is 7.38. The van der Waals surface area contributed by atoms with Gasteiger partial charge in [0.15, 0.2) is 0 Å². The van der Waals surface area contributed by atoms with Crippen molar-refractivity contribution in [2.45, 2.75) is 31.7 Å². The van der Waals surface area contributed by atoms with Crippen LogP contribution in [0.4, 0.5) is 0 Å². The predicted octanol–water partition coefficient (Wildman–Crippen LogP) is 1.97. The van der Waals surface area contributed by atoms with Gasteiger partial charge in [0.25, 0.3) is 0 Å². The molecule has 0 bridgehead atoms. The van der Waals surface area contributed by atoms with E-state index in [1.807, 2.05) is 23.1 Å². The number of hydrogen-bond donors (Lipinski definition) is 0. The highest BCUT2D eigenvalue weighted by Crippen LogP contribution is 2.33. The molecule has 2 amide bonds. The molecule has 1 aromatic carbocycles. The zero-order valence-corrected chi connectivity index (χ0v) is 11.6. The van der Waals surface area contributed by atoms with Gasteiger partial charge in [-0.3, -0.25) is 9.59 Å². The maximum atomic E-state index is 12.4. The minimum atomic E-state index is 0.0837. The summed E-state index contributed by atoms with van der Waals surface area (Å²) in [4.78, 5) is 27.7. The molecule has 4 nitrogen and oxygen atoms in total. The first-order valence-corrected chi connectivity index (χ1v) is 7.38. The maximum Gasteiger partial charge on any atom is 0.242 e. The largest absolute Gasteiger partial charge is 0.334 e. The Morgan fingerprint density at radius 2 is 1.95 bits per heavy atom. The molecule has 0 spiro atoms. The Kier molecular flexibility index (Phi) is 3.72. The number of likely N-dealkylation sites (tertiary alicyclic amines) is 2. The third kappa shape index (κ3) is 2.55. The van der Waals surface area contributed by atoms with Crippen LogP contribution in [0.5, 0.6) is 0 Å². The van der Waals surface area contributed by atoms with Gasteiger partial charge in [0.1, 0.15) is 0 Å². The van der Waals surface area contributed by atoms with Crippen molar-refractivity contribution in [1.29, 1.82) is 0 Å². The molecule has 4 heteroatoms. The van der Waals surface area contributed by atoms with E-state index in [1.54, 1.807) is 4.90 Å². The van der Waals surface area contributed by atoms with Crippen molar-refractivity contribution in [3.05, 3.63) is 35.9 Å². The number of amides is 2. The number of hydrogen-bond acceptors (Lipinski definition) is 2. The predicted molar refractivity (Wildman–Crippen MR) is 75.9 cm³/mol. The second-order valence-corrected chi connectivity index (χ2v) is 5.57. The first-order chi connectivity index (χ1) is 9.75. The minimum Gasteiger partial charge on any atom is -0.334 e. The van der Waals surface area contributed by atoms with E-state index < -0.39 is 0 Å². The average Bonchev–Trinajstić information content (AvgIpc) is 2.41. The standard InChI is InChI=1S/C16H20N2O2/c19-15-8-4-5-10-17(15)12-16(20)18-11-9-14(18)13-6-2-1-3-7-13/h1-3,6-7,14H,4-5,8-12H2/t14-/m1/s1. The number of piperidine rings is 1. The molecule has 2 saturated heterocycles. The Hall–Kier alpha value is -1.84. The van der Waals surface area contributed by atoms with E-state index in [-0.39, 0.29) is 24.4 Å². The van der Waals surface area contributed by atoms with Gasteiger partial charge in [-0.15, -0.1) is 0 Å². The summed E-state index contributed by atoms with van der Waals surface area (Å²) in [5, 5.41) is 0. The number of carbonyl (C=O) groups excluding carboxylic acids is 2. The normalized spacial score (nSPS) is 22.6. The Balaban J connectivity index is 1.61. The lowest BCUT2D eigenvalue weighted by molar-refractivity contribution is -0.146. The van der Waals surface area contributed by atoms with Crippen molar-refractivity contribution >= 4 is 11.8 Å². The Bertz CT molecular complexity index is 500. The van der Waals surface area contributed by atoms with E-state index in [4.69, 9.17) is 0 Å². The summed E-state index contributed by atoms with van der Waals surface area (Å²) in [5.74, 6) is 0.210. The van der Waals surface area contributed by atoms with Crippen LogP contribution < -0.4 is 0 Å². The van der Waals surface area contributed by atoms with Gasteiger partial charge in [0.05, 0.1) is 12.6 Å². The SMILES string of the molecule is O=C1CCCCN1CC(=O)N1CC[C@@H]1c1ccccc1. The summed E-state index contributed by atoms with van der Waals surface area (Å²) in [6.45, 7) is 1.79. The van der Waals surface area contributed by atoms with Crippen molar-refractivity contribution in [2.75, 3.05) is 19.6 Å². The van der Waals surface area contributed by atoms with Crippen LogP contribution in [0.15, 0.2) is 30.3 Å². The number of carbonyl (C=O) groups is 2. The quantitative estimate of drug-likeness (QED) is 0.844. The van der Waals surface area contributed by atoms with E-state index in [9.17, 15) is 9.59 Å². The molecule has 106 valence electrons. The fourth-order valence-corrected chi connectivity index (χ4v) is 2.99. The molecule has 1 atom stereocenters. The van der Waals surface area contributed by atoms with Crippen LogP contribution in [0.1, 0.15) is 37.3 Å². The van der Waals surface area contributed by atoms with E-state index in [1.165, 1.54) is 5.56 Å². The van der Waals surface area contributed by atoms with Crippen LogP contribution in [-0.4, -0.2) is 41.2 Å². The Labute approximate surface area is 119 Å². The molecule has 0 aliphatic carbocycles. The van der Waals surface area contributed by atoms with E-state index in [0.717, 1.165) is 32.4 Å². The number of rotatable bonds is 3. The highest BCUT2D eigenvalue weighted by molar-refractivity contribution is 5.85. The molecular weight excluding hydrogens is 252 g/mol. The molecule has 2 heterocycles. The van der Waals surface area contributed by atoms with Gasteiger partial charge in [-0.05, 0) is 24.8 Å². The molecule has 0 radical (unpaired) electrons. The van der Waals surface area contributed by atoms with Crippen molar-refractivity contribution in [3.63, 3.8) is 0 Å². The molecule has 0 saturated carbocycles. The molecule has 3 rings (SSSR count). The van der Waals surface area contributed by atoms with Crippen molar-refractivity contribution in [1.82, 2.24) is 9.80 Å². The van der Waals surface area contributed by atoms with Gasteiger partial charge in [-0.1, -0.05) is 30.3 Å². The molecule has 0 unspecified atom stereocenters. The summed E-state index contributed by atoms with van der Waals surface area (Å²) in [5.41, 5.74) is 1.19. The highest BCUT2D eigenvalue weighted by Gasteiger charge is 2.34. The van der Waals surface area contributed by atoms with Crippen LogP contribution >= 0.6 is 0 Å². The van der Waals surface area contributed by atoms with Gasteiger partial charge in [0, 0.05) is 19.5 Å². The van der Waals surface area contributed by atoms with Crippen LogP contribution in [0.2, 0.25) is 0 Å². The van der Waals surface area contributed by atoms with Crippen LogP contribution in [0.3, 0.4) is 0 Å². The summed E-state index contributed by atoms with van der Waals surface area (Å²) in [6.07, 6.45) is 3.58. The lowest BCUT2D eigenvalue weighted by atomic mass is 9.94. The van der Waals surface area contributed by atoms with Gasteiger partial charge in [-0.2, -0.15) is 0 Å². The Morgan fingerprint density at radius 3 is 2.60 bits per heavy atom. The lowest BCUT2D eigenvalue weighted by Crippen LogP contribution is -2.50. The van der Waals surface area contributed by atoms with Crippen LogP contribution in [-0.2, 0) is 9.59 Å². The second-order valence-electron chi connectivity index (χ2n) is 5.57. The van der Waals surface area contributed by atoms with Gasteiger partial charge >= 0.3 is 0 Å². The molecule has 2 aliphatic heterocycles. The van der Waals surface area contributed by atoms with E-state index in [2.05, 4.69) is 12.1 Å².